The summed E-state index contributed by atoms with van der Waals surface area (Å²) in [5.74, 6) is 2.47. The Balaban J connectivity index is 1.46. The van der Waals surface area contributed by atoms with Crippen LogP contribution in [0, 0.1) is 13.8 Å². The Bertz CT molecular complexity index is 745. The summed E-state index contributed by atoms with van der Waals surface area (Å²) in [6, 6.07) is 8.21. The normalized spacial score (nSPS) is 20.5. The largest absolute Gasteiger partial charge is 0.486 e. The molecular weight excluding hydrogens is 318 g/mol. The minimum atomic E-state index is -0.00800. The predicted molar refractivity (Wildman–Crippen MR) is 92.9 cm³/mol. The molecule has 0 bridgehead atoms. The molecule has 6 nitrogen and oxygen atoms in total. The second-order valence-electron chi connectivity index (χ2n) is 6.55. The smallest absolute Gasteiger partial charge is 0.161 e. The van der Waals surface area contributed by atoms with Crippen molar-refractivity contribution in [1.29, 1.82) is 0 Å². The van der Waals surface area contributed by atoms with Gasteiger partial charge in [-0.3, -0.25) is 4.90 Å². The van der Waals surface area contributed by atoms with Crippen molar-refractivity contribution in [3.05, 3.63) is 47.0 Å². The number of aromatic nitrogens is 2. The van der Waals surface area contributed by atoms with E-state index < -0.39 is 0 Å². The fraction of sp³-hybridized carbons (Fsp3) is 0.474. The molecule has 0 saturated carbocycles. The Morgan fingerprint density at radius 1 is 1.04 bits per heavy atom. The summed E-state index contributed by atoms with van der Waals surface area (Å²) < 4.78 is 17.2. The highest BCUT2D eigenvalue weighted by atomic mass is 16.6. The van der Waals surface area contributed by atoms with Gasteiger partial charge in [-0.2, -0.15) is 0 Å². The van der Waals surface area contributed by atoms with Gasteiger partial charge in [0.1, 0.15) is 25.1 Å². The molecule has 6 heteroatoms. The Kier molecular flexibility index (Phi) is 4.55. The molecule has 3 heterocycles. The van der Waals surface area contributed by atoms with E-state index in [1.54, 1.807) is 0 Å². The number of ether oxygens (including phenoxy) is 3. The minimum Gasteiger partial charge on any atom is -0.486 e. The second-order valence-corrected chi connectivity index (χ2v) is 6.55. The first-order chi connectivity index (χ1) is 12.2. The van der Waals surface area contributed by atoms with Crippen molar-refractivity contribution >= 4 is 0 Å². The molecule has 1 saturated heterocycles. The van der Waals surface area contributed by atoms with E-state index in [4.69, 9.17) is 14.2 Å². The van der Waals surface area contributed by atoms with Crippen LogP contribution in [0.5, 0.6) is 11.5 Å². The summed E-state index contributed by atoms with van der Waals surface area (Å²) >= 11 is 0. The van der Waals surface area contributed by atoms with E-state index in [1.165, 1.54) is 5.56 Å². The summed E-state index contributed by atoms with van der Waals surface area (Å²) in [4.78, 5) is 11.3. The van der Waals surface area contributed by atoms with Gasteiger partial charge < -0.3 is 14.2 Å². The molecule has 132 valence electrons. The van der Waals surface area contributed by atoms with E-state index in [2.05, 4.69) is 27.0 Å². The summed E-state index contributed by atoms with van der Waals surface area (Å²) in [5.41, 5.74) is 3.17. The zero-order valence-electron chi connectivity index (χ0n) is 14.7. The van der Waals surface area contributed by atoms with E-state index >= 15 is 0 Å². The molecule has 0 amide bonds. The lowest BCUT2D eigenvalue weighted by Gasteiger charge is -2.33. The van der Waals surface area contributed by atoms with Crippen molar-refractivity contribution in [3.63, 3.8) is 0 Å². The summed E-state index contributed by atoms with van der Waals surface area (Å²) in [6.45, 7) is 8.45. The van der Waals surface area contributed by atoms with E-state index in [0.717, 1.165) is 48.3 Å². The maximum absolute atomic E-state index is 5.96. The molecule has 1 atom stereocenters. The van der Waals surface area contributed by atoms with Gasteiger partial charge in [-0.05, 0) is 37.6 Å². The second kappa shape index (κ2) is 6.98. The van der Waals surface area contributed by atoms with Gasteiger partial charge in [0, 0.05) is 25.3 Å². The van der Waals surface area contributed by atoms with Crippen LogP contribution in [0.25, 0.3) is 0 Å². The van der Waals surface area contributed by atoms with Gasteiger partial charge in [-0.15, -0.1) is 0 Å². The van der Waals surface area contributed by atoms with E-state index in [0.29, 0.717) is 19.8 Å². The molecule has 25 heavy (non-hydrogen) atoms. The van der Waals surface area contributed by atoms with Crippen LogP contribution in [0.2, 0.25) is 0 Å². The summed E-state index contributed by atoms with van der Waals surface area (Å²) in [6.07, 6.45) is -0.00800. The monoisotopic (exact) mass is 341 g/mol. The van der Waals surface area contributed by atoms with Crippen molar-refractivity contribution in [2.45, 2.75) is 26.5 Å². The Labute approximate surface area is 147 Å². The molecule has 2 aliphatic heterocycles. The topological polar surface area (TPSA) is 56.7 Å². The third-order valence-electron chi connectivity index (χ3n) is 4.48. The number of morpholine rings is 1. The highest BCUT2D eigenvalue weighted by Gasteiger charge is 2.24. The van der Waals surface area contributed by atoms with Crippen LogP contribution in [0.15, 0.2) is 24.3 Å². The number of rotatable bonds is 3. The molecular formula is C19H23N3O3. The first-order valence-corrected chi connectivity index (χ1v) is 8.72. The van der Waals surface area contributed by atoms with Gasteiger partial charge in [-0.25, -0.2) is 9.97 Å². The number of nitrogens with zero attached hydrogens (tertiary/aromatic N) is 3. The van der Waals surface area contributed by atoms with Gasteiger partial charge in [0.05, 0.1) is 12.3 Å². The SMILES string of the molecule is Cc1cc([C@@H]2CN(Cc3ccc4c(c3)OCCO4)CCO2)nc(C)n1. The maximum Gasteiger partial charge on any atom is 0.161 e. The average Bonchev–Trinajstić information content (AvgIpc) is 2.61. The third kappa shape index (κ3) is 3.75. The number of benzene rings is 1. The van der Waals surface area contributed by atoms with Gasteiger partial charge in [0.2, 0.25) is 0 Å². The van der Waals surface area contributed by atoms with Crippen LogP contribution >= 0.6 is 0 Å². The maximum atomic E-state index is 5.96. The Morgan fingerprint density at radius 3 is 2.72 bits per heavy atom. The lowest BCUT2D eigenvalue weighted by molar-refractivity contribution is -0.0351. The molecule has 1 aromatic heterocycles. The molecule has 0 radical (unpaired) electrons. The average molecular weight is 341 g/mol. The first-order valence-electron chi connectivity index (χ1n) is 8.72. The van der Waals surface area contributed by atoms with Crippen LogP contribution < -0.4 is 9.47 Å². The highest BCUT2D eigenvalue weighted by molar-refractivity contribution is 5.43. The molecule has 2 aromatic rings. The third-order valence-corrected chi connectivity index (χ3v) is 4.48. The molecule has 4 rings (SSSR count). The van der Waals surface area contributed by atoms with Crippen molar-refractivity contribution in [2.75, 3.05) is 32.9 Å². The standard InChI is InChI=1S/C19H23N3O3/c1-13-9-16(21-14(2)20-13)19-12-22(5-6-23-19)11-15-3-4-17-18(10-15)25-8-7-24-17/h3-4,9-10,19H,5-8,11-12H2,1-2H3/t19-/m0/s1. The van der Waals surface area contributed by atoms with Gasteiger partial charge in [0.25, 0.3) is 0 Å². The van der Waals surface area contributed by atoms with Crippen molar-refractivity contribution in [2.24, 2.45) is 0 Å². The van der Waals surface area contributed by atoms with Crippen LogP contribution in [0.4, 0.5) is 0 Å². The fourth-order valence-corrected chi connectivity index (χ4v) is 3.38. The van der Waals surface area contributed by atoms with Gasteiger partial charge >= 0.3 is 0 Å². The molecule has 0 aliphatic carbocycles. The lowest BCUT2D eigenvalue weighted by atomic mass is 10.1. The Morgan fingerprint density at radius 2 is 1.88 bits per heavy atom. The van der Waals surface area contributed by atoms with Crippen LogP contribution in [-0.2, 0) is 11.3 Å². The van der Waals surface area contributed by atoms with Gasteiger partial charge in [0.15, 0.2) is 11.5 Å². The molecule has 0 N–H and O–H groups in total. The van der Waals surface area contributed by atoms with Crippen LogP contribution in [-0.4, -0.2) is 47.8 Å². The number of hydrogen-bond donors (Lipinski definition) is 0. The van der Waals surface area contributed by atoms with E-state index in [9.17, 15) is 0 Å². The van der Waals surface area contributed by atoms with Crippen molar-refractivity contribution in [3.8, 4) is 11.5 Å². The van der Waals surface area contributed by atoms with E-state index in [1.807, 2.05) is 26.0 Å². The lowest BCUT2D eigenvalue weighted by Crippen LogP contribution is -2.38. The number of aryl methyl sites for hydroxylation is 2. The first kappa shape index (κ1) is 16.3. The number of hydrogen-bond acceptors (Lipinski definition) is 6. The molecule has 1 fully saturated rings. The summed E-state index contributed by atoms with van der Waals surface area (Å²) in [7, 11) is 0. The van der Waals surface area contributed by atoms with Crippen LogP contribution in [0.1, 0.15) is 28.9 Å². The van der Waals surface area contributed by atoms with Crippen LogP contribution in [0.3, 0.4) is 0 Å². The zero-order chi connectivity index (χ0) is 17.2. The zero-order valence-corrected chi connectivity index (χ0v) is 14.7. The van der Waals surface area contributed by atoms with Gasteiger partial charge in [-0.1, -0.05) is 6.07 Å². The minimum absolute atomic E-state index is 0.00800. The highest BCUT2D eigenvalue weighted by Crippen LogP contribution is 2.31. The van der Waals surface area contributed by atoms with Crippen molar-refractivity contribution < 1.29 is 14.2 Å². The van der Waals surface area contributed by atoms with Crippen molar-refractivity contribution in [1.82, 2.24) is 14.9 Å². The molecule has 0 spiro atoms. The summed E-state index contributed by atoms with van der Waals surface area (Å²) in [5, 5.41) is 0. The Hall–Kier alpha value is -2.18. The quantitative estimate of drug-likeness (QED) is 0.855. The number of fused-ring (bicyclic) bond motifs is 1. The predicted octanol–water partition coefficient (Wildman–Crippen LogP) is 2.44. The van der Waals surface area contributed by atoms with E-state index in [-0.39, 0.29) is 6.10 Å². The molecule has 1 aromatic carbocycles. The molecule has 0 unspecified atom stereocenters. The fourth-order valence-electron chi connectivity index (χ4n) is 3.38. The molecule has 2 aliphatic rings.